The molecule has 1 aromatic heterocycles. The number of nitrogen functional groups attached to an aromatic ring is 1. The summed E-state index contributed by atoms with van der Waals surface area (Å²) in [6, 6.07) is 8.90. The number of carbonyl (C=O) groups is 1. The molecule has 6 heteroatoms. The Labute approximate surface area is 123 Å². The highest BCUT2D eigenvalue weighted by molar-refractivity contribution is 5.92. The lowest BCUT2D eigenvalue weighted by molar-refractivity contribution is 0.0364. The predicted octanol–water partition coefficient (Wildman–Crippen LogP) is 1.30. The van der Waals surface area contributed by atoms with Crippen LogP contribution in [0, 0.1) is 0 Å². The molecule has 1 aromatic carbocycles. The second-order valence-electron chi connectivity index (χ2n) is 5.71. The molecule has 3 N–H and O–H groups in total. The minimum Gasteiger partial charge on any atom is -0.399 e. The first-order valence-corrected chi connectivity index (χ1v) is 6.66. The van der Waals surface area contributed by atoms with Gasteiger partial charge in [0.25, 0.3) is 5.91 Å². The van der Waals surface area contributed by atoms with Gasteiger partial charge in [-0.2, -0.15) is 5.10 Å². The maximum absolute atomic E-state index is 12.2. The number of likely N-dealkylation sites (N-methyl/N-ethyl adjacent to an activating group) is 1. The third-order valence-electron chi connectivity index (χ3n) is 2.91. The summed E-state index contributed by atoms with van der Waals surface area (Å²) in [5.74, 6) is -0.236. The number of benzene rings is 1. The fourth-order valence-electron chi connectivity index (χ4n) is 2.10. The minimum atomic E-state index is -0.944. The van der Waals surface area contributed by atoms with Crippen LogP contribution in [0.1, 0.15) is 24.3 Å². The standard InChI is InChI=1S/C15H20N4O2/c1-15(2,21)10-18(3)14(20)13-7-8-19(17-13)12-6-4-5-11(16)9-12/h4-9,21H,10,16H2,1-3H3. The number of rotatable bonds is 4. The molecule has 0 bridgehead atoms. The number of anilines is 1. The quantitative estimate of drug-likeness (QED) is 0.830. The molecule has 2 aromatic rings. The van der Waals surface area contributed by atoms with Crippen LogP contribution in [-0.4, -0.2) is 44.9 Å². The highest BCUT2D eigenvalue weighted by atomic mass is 16.3. The van der Waals surface area contributed by atoms with Crippen molar-refractivity contribution in [3.8, 4) is 5.69 Å². The van der Waals surface area contributed by atoms with Gasteiger partial charge in [-0.3, -0.25) is 4.79 Å². The fourth-order valence-corrected chi connectivity index (χ4v) is 2.10. The van der Waals surface area contributed by atoms with Crippen molar-refractivity contribution in [2.45, 2.75) is 19.4 Å². The maximum atomic E-state index is 12.2. The molecule has 0 aliphatic heterocycles. The Morgan fingerprint density at radius 1 is 1.43 bits per heavy atom. The number of hydrogen-bond donors (Lipinski definition) is 2. The van der Waals surface area contributed by atoms with E-state index in [4.69, 9.17) is 5.73 Å². The van der Waals surface area contributed by atoms with Crippen LogP contribution in [0.25, 0.3) is 5.69 Å². The molecular weight excluding hydrogens is 268 g/mol. The molecule has 1 heterocycles. The SMILES string of the molecule is CN(CC(C)(C)O)C(=O)c1ccn(-c2cccc(N)c2)n1. The molecule has 0 radical (unpaired) electrons. The maximum Gasteiger partial charge on any atom is 0.274 e. The Morgan fingerprint density at radius 3 is 2.76 bits per heavy atom. The van der Waals surface area contributed by atoms with E-state index in [1.54, 1.807) is 50.0 Å². The number of carbonyl (C=O) groups excluding carboxylic acids is 1. The van der Waals surface area contributed by atoms with E-state index >= 15 is 0 Å². The number of amides is 1. The van der Waals surface area contributed by atoms with Gasteiger partial charge >= 0.3 is 0 Å². The molecule has 0 unspecified atom stereocenters. The lowest BCUT2D eigenvalue weighted by Gasteiger charge is -2.24. The van der Waals surface area contributed by atoms with Crippen LogP contribution in [0.4, 0.5) is 5.69 Å². The van der Waals surface area contributed by atoms with E-state index in [-0.39, 0.29) is 12.5 Å². The van der Waals surface area contributed by atoms with Crippen LogP contribution >= 0.6 is 0 Å². The third kappa shape index (κ3) is 3.82. The van der Waals surface area contributed by atoms with E-state index in [9.17, 15) is 9.90 Å². The molecule has 0 atom stereocenters. The summed E-state index contributed by atoms with van der Waals surface area (Å²) in [5, 5.41) is 14.0. The largest absolute Gasteiger partial charge is 0.399 e. The lowest BCUT2D eigenvalue weighted by Crippen LogP contribution is -2.39. The number of aliphatic hydroxyl groups is 1. The van der Waals surface area contributed by atoms with E-state index < -0.39 is 5.60 Å². The number of hydrogen-bond acceptors (Lipinski definition) is 4. The molecule has 0 aliphatic carbocycles. The molecule has 1 amide bonds. The molecule has 2 rings (SSSR count). The molecule has 0 fully saturated rings. The van der Waals surface area contributed by atoms with Gasteiger partial charge in [0.2, 0.25) is 0 Å². The Hall–Kier alpha value is -2.34. The van der Waals surface area contributed by atoms with Crippen molar-refractivity contribution in [3.63, 3.8) is 0 Å². The summed E-state index contributed by atoms with van der Waals surface area (Å²) in [5.41, 5.74) is 6.54. The molecule has 0 aliphatic rings. The smallest absolute Gasteiger partial charge is 0.274 e. The predicted molar refractivity (Wildman–Crippen MR) is 81.2 cm³/mol. The first-order valence-electron chi connectivity index (χ1n) is 6.66. The molecule has 112 valence electrons. The summed E-state index contributed by atoms with van der Waals surface area (Å²) in [6.07, 6.45) is 1.71. The summed E-state index contributed by atoms with van der Waals surface area (Å²) >= 11 is 0. The van der Waals surface area contributed by atoms with Gasteiger partial charge in [-0.25, -0.2) is 4.68 Å². The molecule has 0 saturated heterocycles. The number of nitrogens with two attached hydrogens (primary N) is 1. The van der Waals surface area contributed by atoms with Gasteiger partial charge in [0.05, 0.1) is 11.3 Å². The third-order valence-corrected chi connectivity index (χ3v) is 2.91. The Kier molecular flexibility index (Phi) is 3.99. The minimum absolute atomic E-state index is 0.233. The van der Waals surface area contributed by atoms with E-state index in [1.807, 2.05) is 12.1 Å². The highest BCUT2D eigenvalue weighted by Gasteiger charge is 2.21. The van der Waals surface area contributed by atoms with E-state index in [0.717, 1.165) is 5.69 Å². The van der Waals surface area contributed by atoms with Crippen molar-refractivity contribution in [2.24, 2.45) is 0 Å². The molecular formula is C15H20N4O2. The number of nitrogens with zero attached hydrogens (tertiary/aromatic N) is 3. The summed E-state index contributed by atoms with van der Waals surface area (Å²) in [4.78, 5) is 13.7. The number of aromatic nitrogens is 2. The van der Waals surface area contributed by atoms with Crippen LogP contribution in [0.2, 0.25) is 0 Å². The van der Waals surface area contributed by atoms with Crippen LogP contribution in [0.3, 0.4) is 0 Å². The zero-order valence-electron chi connectivity index (χ0n) is 12.4. The van der Waals surface area contributed by atoms with Crippen LogP contribution in [-0.2, 0) is 0 Å². The van der Waals surface area contributed by atoms with Crippen molar-refractivity contribution in [2.75, 3.05) is 19.3 Å². The zero-order valence-corrected chi connectivity index (χ0v) is 12.4. The second kappa shape index (κ2) is 5.57. The van der Waals surface area contributed by atoms with Gasteiger partial charge in [0.15, 0.2) is 5.69 Å². The van der Waals surface area contributed by atoms with Gasteiger partial charge in [-0.05, 0) is 38.1 Å². The van der Waals surface area contributed by atoms with Crippen molar-refractivity contribution in [1.29, 1.82) is 0 Å². The van der Waals surface area contributed by atoms with Gasteiger partial charge in [0.1, 0.15) is 0 Å². The van der Waals surface area contributed by atoms with Crippen LogP contribution in [0.15, 0.2) is 36.5 Å². The Morgan fingerprint density at radius 2 is 2.14 bits per heavy atom. The molecule has 21 heavy (non-hydrogen) atoms. The van der Waals surface area contributed by atoms with Gasteiger partial charge in [-0.1, -0.05) is 6.07 Å². The van der Waals surface area contributed by atoms with E-state index in [0.29, 0.717) is 11.4 Å². The average molecular weight is 288 g/mol. The van der Waals surface area contributed by atoms with Crippen molar-refractivity contribution in [3.05, 3.63) is 42.2 Å². The van der Waals surface area contributed by atoms with Gasteiger partial charge in [-0.15, -0.1) is 0 Å². The fraction of sp³-hybridized carbons (Fsp3) is 0.333. The monoisotopic (exact) mass is 288 g/mol. The van der Waals surface area contributed by atoms with Gasteiger partial charge in [0, 0.05) is 25.5 Å². The summed E-state index contributed by atoms with van der Waals surface area (Å²) < 4.78 is 1.60. The Balaban J connectivity index is 2.18. The van der Waals surface area contributed by atoms with Crippen LogP contribution < -0.4 is 5.73 Å². The lowest BCUT2D eigenvalue weighted by atomic mass is 10.1. The molecule has 0 saturated carbocycles. The molecule has 6 nitrogen and oxygen atoms in total. The Bertz CT molecular complexity index is 643. The van der Waals surface area contributed by atoms with Crippen molar-refractivity contribution < 1.29 is 9.90 Å². The van der Waals surface area contributed by atoms with Crippen molar-refractivity contribution in [1.82, 2.24) is 14.7 Å². The topological polar surface area (TPSA) is 84.4 Å². The summed E-state index contributed by atoms with van der Waals surface area (Å²) in [6.45, 7) is 3.54. The van der Waals surface area contributed by atoms with Crippen LogP contribution in [0.5, 0.6) is 0 Å². The molecule has 0 spiro atoms. The van der Waals surface area contributed by atoms with Crippen molar-refractivity contribution >= 4 is 11.6 Å². The first-order chi connectivity index (χ1) is 9.76. The van der Waals surface area contributed by atoms with Gasteiger partial charge < -0.3 is 15.7 Å². The average Bonchev–Trinajstić information content (AvgIpc) is 2.85. The summed E-state index contributed by atoms with van der Waals surface area (Å²) in [7, 11) is 1.64. The zero-order chi connectivity index (χ0) is 15.6. The first kappa shape index (κ1) is 15.1. The van der Waals surface area contributed by atoms with E-state index in [1.165, 1.54) is 4.90 Å². The highest BCUT2D eigenvalue weighted by Crippen LogP contribution is 2.13. The van der Waals surface area contributed by atoms with E-state index in [2.05, 4.69) is 5.10 Å². The normalized spacial score (nSPS) is 11.4. The second-order valence-corrected chi connectivity index (χ2v) is 5.71.